The largest absolute Gasteiger partial charge is 0.456 e. The molecule has 1 heterocycles. The molecule has 0 atom stereocenters. The first-order chi connectivity index (χ1) is 13.2. The Morgan fingerprint density at radius 2 is 1.75 bits per heavy atom. The molecule has 0 aliphatic rings. The third kappa shape index (κ3) is 4.17. The Morgan fingerprint density at radius 3 is 2.36 bits per heavy atom. The molecule has 6 heteroatoms. The standard InChI is InChI=1S/C22H24N2O4/c1-14(25)27-16-10-11-18-17(12-16)19(21(26)28-22(2,3)4)20(23)24(18)13-15-8-6-5-7-9-15/h5-12H,13,23H2,1-4H3. The molecule has 0 unspecified atom stereocenters. The molecule has 0 amide bonds. The highest BCUT2D eigenvalue weighted by molar-refractivity contribution is 6.10. The van der Waals surface area contributed by atoms with Crippen LogP contribution in [0.5, 0.6) is 5.75 Å². The lowest BCUT2D eigenvalue weighted by Crippen LogP contribution is -2.24. The molecule has 146 valence electrons. The number of benzene rings is 2. The number of anilines is 1. The zero-order chi connectivity index (χ0) is 20.5. The molecule has 0 radical (unpaired) electrons. The lowest BCUT2D eigenvalue weighted by molar-refractivity contribution is -0.131. The van der Waals surface area contributed by atoms with Crippen molar-refractivity contribution in [3.63, 3.8) is 0 Å². The fourth-order valence-electron chi connectivity index (χ4n) is 3.06. The second kappa shape index (κ2) is 7.38. The number of aromatic nitrogens is 1. The predicted octanol–water partition coefficient (Wildman–Crippen LogP) is 4.15. The molecule has 6 nitrogen and oxygen atoms in total. The minimum atomic E-state index is -0.662. The molecule has 3 rings (SSSR count). The summed E-state index contributed by atoms with van der Waals surface area (Å²) in [6, 6.07) is 14.9. The van der Waals surface area contributed by atoms with Crippen LogP contribution in [0.1, 0.15) is 43.6 Å². The summed E-state index contributed by atoms with van der Waals surface area (Å²) in [6.45, 7) is 7.23. The average molecular weight is 380 g/mol. The molecule has 0 saturated carbocycles. The van der Waals surface area contributed by atoms with E-state index in [1.807, 2.05) is 34.9 Å². The Labute approximate surface area is 163 Å². The van der Waals surface area contributed by atoms with Crippen LogP contribution in [-0.4, -0.2) is 22.1 Å². The van der Waals surface area contributed by atoms with Crippen molar-refractivity contribution in [3.8, 4) is 5.75 Å². The van der Waals surface area contributed by atoms with Gasteiger partial charge in [-0.2, -0.15) is 0 Å². The van der Waals surface area contributed by atoms with Gasteiger partial charge >= 0.3 is 11.9 Å². The quantitative estimate of drug-likeness (QED) is 0.543. The summed E-state index contributed by atoms with van der Waals surface area (Å²) in [5, 5.41) is 0.585. The van der Waals surface area contributed by atoms with Crippen LogP contribution < -0.4 is 10.5 Å². The second-order valence-electron chi connectivity index (χ2n) is 7.61. The minimum Gasteiger partial charge on any atom is -0.456 e. The van der Waals surface area contributed by atoms with Crippen LogP contribution in [0.25, 0.3) is 10.9 Å². The van der Waals surface area contributed by atoms with E-state index in [2.05, 4.69) is 0 Å². The van der Waals surface area contributed by atoms with Gasteiger partial charge in [0.05, 0.1) is 5.52 Å². The summed E-state index contributed by atoms with van der Waals surface area (Å²) < 4.78 is 12.6. The van der Waals surface area contributed by atoms with E-state index in [0.717, 1.165) is 11.1 Å². The van der Waals surface area contributed by atoms with Crippen molar-refractivity contribution in [2.24, 2.45) is 0 Å². The van der Waals surface area contributed by atoms with Gasteiger partial charge in [0.25, 0.3) is 0 Å². The van der Waals surface area contributed by atoms with Crippen molar-refractivity contribution < 1.29 is 19.1 Å². The third-order valence-corrected chi connectivity index (χ3v) is 4.12. The van der Waals surface area contributed by atoms with Crippen LogP contribution in [0.4, 0.5) is 5.82 Å². The number of nitrogens with zero attached hydrogens (tertiary/aromatic N) is 1. The zero-order valence-corrected chi connectivity index (χ0v) is 16.5. The van der Waals surface area contributed by atoms with E-state index in [9.17, 15) is 9.59 Å². The van der Waals surface area contributed by atoms with E-state index < -0.39 is 17.5 Å². The highest BCUT2D eigenvalue weighted by Gasteiger charge is 2.26. The van der Waals surface area contributed by atoms with Crippen molar-refractivity contribution >= 4 is 28.7 Å². The number of esters is 2. The number of ether oxygens (including phenoxy) is 2. The normalized spacial score (nSPS) is 11.4. The lowest BCUT2D eigenvalue weighted by atomic mass is 10.1. The van der Waals surface area contributed by atoms with Gasteiger partial charge < -0.3 is 19.8 Å². The molecular formula is C22H24N2O4. The monoisotopic (exact) mass is 380 g/mol. The van der Waals surface area contributed by atoms with Gasteiger partial charge in [0, 0.05) is 18.9 Å². The Kier molecular flexibility index (Phi) is 5.14. The molecule has 0 saturated heterocycles. The fourth-order valence-corrected chi connectivity index (χ4v) is 3.06. The van der Waals surface area contributed by atoms with Gasteiger partial charge in [-0.3, -0.25) is 4.79 Å². The van der Waals surface area contributed by atoms with Gasteiger partial charge in [-0.15, -0.1) is 0 Å². The van der Waals surface area contributed by atoms with E-state index in [-0.39, 0.29) is 5.56 Å². The molecule has 28 heavy (non-hydrogen) atoms. The summed E-state index contributed by atoms with van der Waals surface area (Å²) >= 11 is 0. The van der Waals surface area contributed by atoms with E-state index >= 15 is 0 Å². The highest BCUT2D eigenvalue weighted by Crippen LogP contribution is 2.33. The van der Waals surface area contributed by atoms with Crippen LogP contribution in [0.3, 0.4) is 0 Å². The Morgan fingerprint density at radius 1 is 1.07 bits per heavy atom. The second-order valence-corrected chi connectivity index (χ2v) is 7.61. The molecular weight excluding hydrogens is 356 g/mol. The van der Waals surface area contributed by atoms with E-state index in [0.29, 0.717) is 23.5 Å². The molecule has 0 bridgehead atoms. The molecule has 0 fully saturated rings. The molecule has 1 aromatic heterocycles. The molecule has 0 aliphatic heterocycles. The van der Waals surface area contributed by atoms with Gasteiger partial charge in [-0.05, 0) is 44.5 Å². The van der Waals surface area contributed by atoms with Crippen molar-refractivity contribution in [2.45, 2.75) is 39.8 Å². The molecule has 2 N–H and O–H groups in total. The van der Waals surface area contributed by atoms with Crippen LogP contribution in [0.2, 0.25) is 0 Å². The van der Waals surface area contributed by atoms with Crippen LogP contribution >= 0.6 is 0 Å². The first-order valence-corrected chi connectivity index (χ1v) is 9.03. The van der Waals surface area contributed by atoms with Crippen LogP contribution in [0, 0.1) is 0 Å². The first kappa shape index (κ1) is 19.5. The first-order valence-electron chi connectivity index (χ1n) is 9.03. The van der Waals surface area contributed by atoms with Gasteiger partial charge in [-0.1, -0.05) is 30.3 Å². The van der Waals surface area contributed by atoms with Crippen molar-refractivity contribution in [2.75, 3.05) is 5.73 Å². The van der Waals surface area contributed by atoms with Crippen LogP contribution in [0.15, 0.2) is 48.5 Å². The average Bonchev–Trinajstić information content (AvgIpc) is 2.85. The molecule has 2 aromatic carbocycles. The Bertz CT molecular complexity index is 1030. The van der Waals surface area contributed by atoms with Crippen molar-refractivity contribution in [1.82, 2.24) is 4.57 Å². The maximum Gasteiger partial charge on any atom is 0.343 e. The van der Waals surface area contributed by atoms with Crippen molar-refractivity contribution in [3.05, 3.63) is 59.7 Å². The van der Waals surface area contributed by atoms with Gasteiger partial charge in [0.15, 0.2) is 0 Å². The number of carbonyl (C=O) groups excluding carboxylic acids is 2. The van der Waals surface area contributed by atoms with Gasteiger partial charge in [-0.25, -0.2) is 4.79 Å². The highest BCUT2D eigenvalue weighted by atomic mass is 16.6. The van der Waals surface area contributed by atoms with Gasteiger partial charge in [0.2, 0.25) is 0 Å². The maximum absolute atomic E-state index is 12.9. The Hall–Kier alpha value is -3.28. The summed E-state index contributed by atoms with van der Waals surface area (Å²) in [6.07, 6.45) is 0. The number of hydrogen-bond donors (Lipinski definition) is 1. The summed E-state index contributed by atoms with van der Waals surface area (Å²) in [5.41, 5.74) is 7.81. The number of carbonyl (C=O) groups is 2. The lowest BCUT2D eigenvalue weighted by Gasteiger charge is -2.19. The zero-order valence-electron chi connectivity index (χ0n) is 16.5. The predicted molar refractivity (Wildman–Crippen MR) is 108 cm³/mol. The smallest absolute Gasteiger partial charge is 0.343 e. The number of hydrogen-bond acceptors (Lipinski definition) is 5. The topological polar surface area (TPSA) is 83.6 Å². The maximum atomic E-state index is 12.9. The van der Waals surface area contributed by atoms with E-state index in [1.165, 1.54) is 6.92 Å². The molecule has 3 aromatic rings. The number of nitrogens with two attached hydrogens (primary N) is 1. The summed E-state index contributed by atoms with van der Waals surface area (Å²) in [5.74, 6) is -0.286. The van der Waals surface area contributed by atoms with E-state index in [1.54, 1.807) is 39.0 Å². The van der Waals surface area contributed by atoms with Crippen LogP contribution in [-0.2, 0) is 16.1 Å². The number of rotatable bonds is 4. The van der Waals surface area contributed by atoms with Gasteiger partial charge in [0.1, 0.15) is 22.7 Å². The summed E-state index contributed by atoms with van der Waals surface area (Å²) in [7, 11) is 0. The Balaban J connectivity index is 2.16. The minimum absolute atomic E-state index is 0.273. The molecule has 0 spiro atoms. The van der Waals surface area contributed by atoms with E-state index in [4.69, 9.17) is 15.2 Å². The SMILES string of the molecule is CC(=O)Oc1ccc2c(c1)c(C(=O)OC(C)(C)C)c(N)n2Cc1ccccc1. The fraction of sp³-hybridized carbons (Fsp3) is 0.273. The number of fused-ring (bicyclic) bond motifs is 1. The number of nitrogen functional groups attached to an aromatic ring is 1. The third-order valence-electron chi connectivity index (χ3n) is 4.12. The van der Waals surface area contributed by atoms with Crippen molar-refractivity contribution in [1.29, 1.82) is 0 Å². The summed E-state index contributed by atoms with van der Waals surface area (Å²) in [4.78, 5) is 24.2. The molecule has 0 aliphatic carbocycles.